The van der Waals surface area contributed by atoms with Gasteiger partial charge < -0.3 is 19.7 Å². The first-order valence-corrected chi connectivity index (χ1v) is 7.29. The van der Waals surface area contributed by atoms with E-state index >= 15 is 0 Å². The van der Waals surface area contributed by atoms with Crippen LogP contribution in [0.15, 0.2) is 0 Å². The van der Waals surface area contributed by atoms with Gasteiger partial charge in [-0.05, 0) is 6.42 Å². The zero-order valence-electron chi connectivity index (χ0n) is 11.5. The van der Waals surface area contributed by atoms with Crippen LogP contribution in [-0.2, 0) is 9.47 Å². The van der Waals surface area contributed by atoms with E-state index in [1.807, 2.05) is 0 Å². The fourth-order valence-corrected chi connectivity index (χ4v) is 2.20. The Morgan fingerprint density at radius 1 is 1.22 bits per heavy atom. The molecule has 108 valence electrons. The molecule has 1 heterocycles. The highest BCUT2D eigenvalue weighted by Gasteiger charge is 2.29. The molecule has 0 aromatic heterocycles. The topological polar surface area (TPSA) is 58.9 Å². The van der Waals surface area contributed by atoms with Crippen LogP contribution in [0, 0.1) is 0 Å². The molecule has 0 spiro atoms. The fourth-order valence-electron chi connectivity index (χ4n) is 2.20. The fraction of sp³-hybridized carbons (Fsp3) is 1.00. The van der Waals surface area contributed by atoms with Crippen LogP contribution in [0.25, 0.3) is 0 Å². The highest BCUT2D eigenvalue weighted by atomic mass is 16.5. The SMILES string of the molecule is CCCCCCCCOCC(O)C1C[C@H](O)CO1. The summed E-state index contributed by atoms with van der Waals surface area (Å²) >= 11 is 0. The predicted octanol–water partition coefficient (Wildman–Crippen LogP) is 1.87. The smallest absolute Gasteiger partial charge is 0.104 e. The van der Waals surface area contributed by atoms with Gasteiger partial charge in [-0.15, -0.1) is 0 Å². The van der Waals surface area contributed by atoms with E-state index in [2.05, 4.69) is 6.92 Å². The van der Waals surface area contributed by atoms with Crippen LogP contribution in [0.1, 0.15) is 51.9 Å². The summed E-state index contributed by atoms with van der Waals surface area (Å²) in [5.41, 5.74) is 0. The Morgan fingerprint density at radius 2 is 1.94 bits per heavy atom. The first-order chi connectivity index (χ1) is 8.74. The molecule has 0 aliphatic carbocycles. The predicted molar refractivity (Wildman–Crippen MR) is 70.6 cm³/mol. The van der Waals surface area contributed by atoms with Gasteiger partial charge in [-0.2, -0.15) is 0 Å². The van der Waals surface area contributed by atoms with Crippen molar-refractivity contribution < 1.29 is 19.7 Å². The minimum atomic E-state index is -0.609. The lowest BCUT2D eigenvalue weighted by Gasteiger charge is -2.17. The molecule has 2 N–H and O–H groups in total. The molecular formula is C14H28O4. The molecule has 0 saturated carbocycles. The number of aliphatic hydroxyl groups is 2. The van der Waals surface area contributed by atoms with Gasteiger partial charge in [0.15, 0.2) is 0 Å². The highest BCUT2D eigenvalue weighted by Crippen LogP contribution is 2.16. The second kappa shape index (κ2) is 9.73. The van der Waals surface area contributed by atoms with E-state index in [9.17, 15) is 10.2 Å². The Labute approximate surface area is 110 Å². The second-order valence-corrected chi connectivity index (χ2v) is 5.17. The van der Waals surface area contributed by atoms with Crippen LogP contribution in [0.5, 0.6) is 0 Å². The van der Waals surface area contributed by atoms with Crippen molar-refractivity contribution in [3.8, 4) is 0 Å². The lowest BCUT2D eigenvalue weighted by atomic mass is 10.1. The maximum atomic E-state index is 9.78. The van der Waals surface area contributed by atoms with Crippen LogP contribution in [-0.4, -0.2) is 48.3 Å². The van der Waals surface area contributed by atoms with Gasteiger partial charge in [0.1, 0.15) is 6.10 Å². The maximum Gasteiger partial charge on any atom is 0.104 e. The van der Waals surface area contributed by atoms with Gasteiger partial charge in [0.2, 0.25) is 0 Å². The lowest BCUT2D eigenvalue weighted by Crippen LogP contribution is -2.30. The Bertz CT molecular complexity index is 198. The van der Waals surface area contributed by atoms with Gasteiger partial charge >= 0.3 is 0 Å². The molecule has 0 bridgehead atoms. The number of hydrogen-bond acceptors (Lipinski definition) is 4. The first-order valence-electron chi connectivity index (χ1n) is 7.29. The van der Waals surface area contributed by atoms with E-state index < -0.39 is 12.2 Å². The summed E-state index contributed by atoms with van der Waals surface area (Å²) in [5, 5.41) is 19.1. The Balaban J connectivity index is 1.88. The molecule has 1 aliphatic heterocycles. The summed E-state index contributed by atoms with van der Waals surface area (Å²) in [5.74, 6) is 0. The first kappa shape index (κ1) is 15.9. The van der Waals surface area contributed by atoms with Crippen molar-refractivity contribution in [3.05, 3.63) is 0 Å². The molecule has 0 amide bonds. The largest absolute Gasteiger partial charge is 0.391 e. The molecule has 0 radical (unpaired) electrons. The monoisotopic (exact) mass is 260 g/mol. The van der Waals surface area contributed by atoms with Crippen molar-refractivity contribution in [1.82, 2.24) is 0 Å². The molecule has 1 fully saturated rings. The van der Waals surface area contributed by atoms with Crippen molar-refractivity contribution in [3.63, 3.8) is 0 Å². The van der Waals surface area contributed by atoms with Gasteiger partial charge in [-0.25, -0.2) is 0 Å². The molecule has 1 aliphatic rings. The van der Waals surface area contributed by atoms with E-state index in [1.54, 1.807) is 0 Å². The van der Waals surface area contributed by atoms with Crippen LogP contribution in [0.3, 0.4) is 0 Å². The van der Waals surface area contributed by atoms with Gasteiger partial charge in [0, 0.05) is 13.0 Å². The third-order valence-electron chi connectivity index (χ3n) is 3.37. The average Bonchev–Trinajstić information content (AvgIpc) is 2.79. The Hall–Kier alpha value is -0.160. The minimum absolute atomic E-state index is 0.260. The summed E-state index contributed by atoms with van der Waals surface area (Å²) in [4.78, 5) is 0. The summed E-state index contributed by atoms with van der Waals surface area (Å²) in [6.45, 7) is 3.57. The third-order valence-corrected chi connectivity index (χ3v) is 3.37. The molecule has 0 aromatic carbocycles. The highest BCUT2D eigenvalue weighted by molar-refractivity contribution is 4.78. The minimum Gasteiger partial charge on any atom is -0.391 e. The summed E-state index contributed by atoms with van der Waals surface area (Å²) in [7, 11) is 0. The van der Waals surface area contributed by atoms with Crippen molar-refractivity contribution in [1.29, 1.82) is 0 Å². The molecule has 1 rings (SSSR count). The molecule has 18 heavy (non-hydrogen) atoms. The van der Waals surface area contributed by atoms with Crippen molar-refractivity contribution in [2.75, 3.05) is 19.8 Å². The standard InChI is InChI=1S/C14H28O4/c1-2-3-4-5-6-7-8-17-11-13(16)14-9-12(15)10-18-14/h12-16H,2-11H2,1H3/t12-,13?,14?/m0/s1. The van der Waals surface area contributed by atoms with Gasteiger partial charge in [0.25, 0.3) is 0 Å². The van der Waals surface area contributed by atoms with Gasteiger partial charge in [-0.1, -0.05) is 39.0 Å². The van der Waals surface area contributed by atoms with Crippen LogP contribution in [0.2, 0.25) is 0 Å². The molecule has 3 atom stereocenters. The van der Waals surface area contributed by atoms with Gasteiger partial charge in [-0.3, -0.25) is 0 Å². The van der Waals surface area contributed by atoms with E-state index in [-0.39, 0.29) is 6.10 Å². The molecule has 1 saturated heterocycles. The van der Waals surface area contributed by atoms with Gasteiger partial charge in [0.05, 0.1) is 25.4 Å². The van der Waals surface area contributed by atoms with Crippen molar-refractivity contribution in [2.24, 2.45) is 0 Å². The lowest BCUT2D eigenvalue weighted by molar-refractivity contribution is -0.0488. The number of aliphatic hydroxyl groups excluding tert-OH is 2. The number of unbranched alkanes of at least 4 members (excludes halogenated alkanes) is 5. The molecule has 0 aromatic rings. The second-order valence-electron chi connectivity index (χ2n) is 5.17. The molecule has 4 heteroatoms. The quantitative estimate of drug-likeness (QED) is 0.589. The van der Waals surface area contributed by atoms with E-state index in [0.29, 0.717) is 26.2 Å². The summed E-state index contributed by atoms with van der Waals surface area (Å²) < 4.78 is 10.7. The van der Waals surface area contributed by atoms with E-state index in [4.69, 9.17) is 9.47 Å². The van der Waals surface area contributed by atoms with E-state index in [0.717, 1.165) is 6.42 Å². The zero-order valence-corrected chi connectivity index (χ0v) is 11.5. The van der Waals surface area contributed by atoms with Crippen LogP contribution < -0.4 is 0 Å². The van der Waals surface area contributed by atoms with Crippen LogP contribution >= 0.6 is 0 Å². The number of ether oxygens (including phenoxy) is 2. The zero-order chi connectivity index (χ0) is 13.2. The maximum absolute atomic E-state index is 9.78. The normalized spacial score (nSPS) is 25.5. The third kappa shape index (κ3) is 6.69. The molecular weight excluding hydrogens is 232 g/mol. The molecule has 2 unspecified atom stereocenters. The summed E-state index contributed by atoms with van der Waals surface area (Å²) in [6.07, 6.45) is 6.66. The number of hydrogen-bond donors (Lipinski definition) is 2. The molecule has 4 nitrogen and oxygen atoms in total. The average molecular weight is 260 g/mol. The Kier molecular flexibility index (Phi) is 8.59. The van der Waals surface area contributed by atoms with Crippen molar-refractivity contribution >= 4 is 0 Å². The van der Waals surface area contributed by atoms with Crippen molar-refractivity contribution in [2.45, 2.75) is 70.2 Å². The van der Waals surface area contributed by atoms with E-state index in [1.165, 1.54) is 32.1 Å². The summed E-state index contributed by atoms with van der Waals surface area (Å²) in [6, 6.07) is 0. The number of rotatable bonds is 10. The Morgan fingerprint density at radius 3 is 2.61 bits per heavy atom. The van der Waals surface area contributed by atoms with Crippen LogP contribution in [0.4, 0.5) is 0 Å².